The molecular weight excluding hydrogens is 224 g/mol. The molecule has 1 unspecified atom stereocenters. The molecule has 0 aliphatic carbocycles. The minimum atomic E-state index is -0.270. The minimum Gasteiger partial charge on any atom is -0.344 e. The fourth-order valence-electron chi connectivity index (χ4n) is 1.78. The lowest BCUT2D eigenvalue weighted by Crippen LogP contribution is -2.43. The number of benzene rings is 1. The quantitative estimate of drug-likeness (QED) is 0.775. The molecule has 0 spiro atoms. The van der Waals surface area contributed by atoms with Crippen molar-refractivity contribution in [1.29, 1.82) is 0 Å². The van der Waals surface area contributed by atoms with Crippen LogP contribution < -0.4 is 10.6 Å². The molecule has 1 aromatic carbocycles. The van der Waals surface area contributed by atoms with Gasteiger partial charge in [0.2, 0.25) is 5.91 Å². The maximum atomic E-state index is 11.7. The molecule has 1 rings (SSSR count). The van der Waals surface area contributed by atoms with Gasteiger partial charge < -0.3 is 5.32 Å². The summed E-state index contributed by atoms with van der Waals surface area (Å²) in [5, 5.41) is 5.91. The number of rotatable bonds is 5. The first-order valence-electron chi connectivity index (χ1n) is 6.08. The summed E-state index contributed by atoms with van der Waals surface area (Å²) in [7, 11) is 0. The van der Waals surface area contributed by atoms with Crippen LogP contribution in [0.4, 0.5) is 0 Å². The second-order valence-electron chi connectivity index (χ2n) is 4.45. The monoisotopic (exact) mass is 244 g/mol. The summed E-state index contributed by atoms with van der Waals surface area (Å²) in [6.45, 7) is 6.20. The zero-order chi connectivity index (χ0) is 13.5. The van der Waals surface area contributed by atoms with Crippen molar-refractivity contribution in [3.05, 3.63) is 35.4 Å². The highest BCUT2D eigenvalue weighted by Gasteiger charge is 2.15. The van der Waals surface area contributed by atoms with E-state index in [-0.39, 0.29) is 24.5 Å². The molecule has 1 amide bonds. The Labute approximate surface area is 109 Å². The van der Waals surface area contributed by atoms with E-state index in [1.807, 2.05) is 19.9 Å². The molecule has 0 saturated carbocycles. The zero-order valence-corrected chi connectivity index (χ0v) is 11.2. The van der Waals surface area contributed by atoms with Crippen LogP contribution in [-0.4, -0.2) is 18.5 Å². The molecule has 18 heavy (non-hydrogen) atoms. The second kappa shape index (κ2) is 6.83. The van der Waals surface area contributed by atoms with Crippen LogP contribution in [0.25, 0.3) is 0 Å². The SMILES string of the molecule is C#CCNC(=O)C(C)N[C@@H](C)c1cccc(C)c1. The van der Waals surface area contributed by atoms with E-state index in [0.717, 1.165) is 0 Å². The van der Waals surface area contributed by atoms with Crippen LogP contribution in [0.2, 0.25) is 0 Å². The minimum absolute atomic E-state index is 0.0764. The van der Waals surface area contributed by atoms with Crippen LogP contribution in [0.3, 0.4) is 0 Å². The van der Waals surface area contributed by atoms with Crippen LogP contribution in [0.5, 0.6) is 0 Å². The summed E-state index contributed by atoms with van der Waals surface area (Å²) in [5.74, 6) is 2.31. The van der Waals surface area contributed by atoms with Crippen molar-refractivity contribution in [2.45, 2.75) is 32.9 Å². The molecular formula is C15H20N2O. The maximum absolute atomic E-state index is 11.7. The van der Waals surface area contributed by atoms with Gasteiger partial charge in [0.25, 0.3) is 0 Å². The van der Waals surface area contributed by atoms with E-state index in [9.17, 15) is 4.79 Å². The molecule has 3 heteroatoms. The summed E-state index contributed by atoms with van der Waals surface area (Å²) in [6.07, 6.45) is 5.10. The number of hydrogen-bond donors (Lipinski definition) is 2. The fraction of sp³-hybridized carbons (Fsp3) is 0.400. The normalized spacial score (nSPS) is 13.4. The van der Waals surface area contributed by atoms with Crippen molar-refractivity contribution in [2.24, 2.45) is 0 Å². The van der Waals surface area contributed by atoms with Gasteiger partial charge >= 0.3 is 0 Å². The maximum Gasteiger partial charge on any atom is 0.237 e. The Bertz CT molecular complexity index is 448. The first-order valence-corrected chi connectivity index (χ1v) is 6.08. The highest BCUT2D eigenvalue weighted by atomic mass is 16.2. The number of terminal acetylenes is 1. The summed E-state index contributed by atoms with van der Waals surface area (Å²) in [4.78, 5) is 11.7. The van der Waals surface area contributed by atoms with E-state index in [2.05, 4.69) is 41.7 Å². The summed E-state index contributed by atoms with van der Waals surface area (Å²) in [6, 6.07) is 8.09. The summed E-state index contributed by atoms with van der Waals surface area (Å²) in [5.41, 5.74) is 2.39. The molecule has 2 N–H and O–H groups in total. The van der Waals surface area contributed by atoms with Crippen LogP contribution in [-0.2, 0) is 4.79 Å². The Morgan fingerprint density at radius 2 is 2.17 bits per heavy atom. The molecule has 0 aliphatic rings. The van der Waals surface area contributed by atoms with Gasteiger partial charge in [-0.1, -0.05) is 35.7 Å². The standard InChI is InChI=1S/C15H20N2O/c1-5-9-16-15(18)13(4)17-12(3)14-8-6-7-11(2)10-14/h1,6-8,10,12-13,17H,9H2,2-4H3,(H,16,18)/t12-,13?/m0/s1. The molecule has 0 heterocycles. The van der Waals surface area contributed by atoms with E-state index < -0.39 is 0 Å². The van der Waals surface area contributed by atoms with E-state index >= 15 is 0 Å². The molecule has 0 bridgehead atoms. The van der Waals surface area contributed by atoms with Crippen molar-refractivity contribution in [3.63, 3.8) is 0 Å². The molecule has 2 atom stereocenters. The third-order valence-electron chi connectivity index (χ3n) is 2.80. The highest BCUT2D eigenvalue weighted by molar-refractivity contribution is 5.81. The van der Waals surface area contributed by atoms with E-state index in [1.54, 1.807) is 0 Å². The average Bonchev–Trinajstić information content (AvgIpc) is 2.35. The third-order valence-corrected chi connectivity index (χ3v) is 2.80. The number of amides is 1. The van der Waals surface area contributed by atoms with Gasteiger partial charge in [0, 0.05) is 6.04 Å². The molecule has 0 aliphatic heterocycles. The van der Waals surface area contributed by atoms with Crippen molar-refractivity contribution < 1.29 is 4.79 Å². The highest BCUT2D eigenvalue weighted by Crippen LogP contribution is 2.14. The van der Waals surface area contributed by atoms with E-state index in [1.165, 1.54) is 11.1 Å². The Balaban J connectivity index is 2.57. The molecule has 0 fully saturated rings. The van der Waals surface area contributed by atoms with Crippen LogP contribution in [0.15, 0.2) is 24.3 Å². The summed E-state index contributed by atoms with van der Waals surface area (Å²) < 4.78 is 0. The Hall–Kier alpha value is -1.79. The number of nitrogens with one attached hydrogen (secondary N) is 2. The predicted molar refractivity (Wildman–Crippen MR) is 74.0 cm³/mol. The van der Waals surface area contributed by atoms with Crippen molar-refractivity contribution in [2.75, 3.05) is 6.54 Å². The first-order chi connectivity index (χ1) is 8.54. The van der Waals surface area contributed by atoms with Crippen LogP contribution >= 0.6 is 0 Å². The van der Waals surface area contributed by atoms with Gasteiger partial charge in [-0.25, -0.2) is 0 Å². The lowest BCUT2D eigenvalue weighted by Gasteiger charge is -2.20. The van der Waals surface area contributed by atoms with E-state index in [4.69, 9.17) is 6.42 Å². The lowest BCUT2D eigenvalue weighted by atomic mass is 10.1. The van der Waals surface area contributed by atoms with Crippen molar-refractivity contribution >= 4 is 5.91 Å². The largest absolute Gasteiger partial charge is 0.344 e. The molecule has 0 aromatic heterocycles. The zero-order valence-electron chi connectivity index (χ0n) is 11.2. The molecule has 0 saturated heterocycles. The Morgan fingerprint density at radius 3 is 2.78 bits per heavy atom. The van der Waals surface area contributed by atoms with Gasteiger partial charge in [0.05, 0.1) is 12.6 Å². The lowest BCUT2D eigenvalue weighted by molar-refractivity contribution is -0.122. The fourth-order valence-corrected chi connectivity index (χ4v) is 1.78. The average molecular weight is 244 g/mol. The molecule has 0 radical (unpaired) electrons. The van der Waals surface area contributed by atoms with Crippen LogP contribution in [0, 0.1) is 19.3 Å². The third kappa shape index (κ3) is 4.23. The number of carbonyl (C=O) groups is 1. The second-order valence-corrected chi connectivity index (χ2v) is 4.45. The van der Waals surface area contributed by atoms with Gasteiger partial charge in [-0.05, 0) is 26.3 Å². The molecule has 96 valence electrons. The number of hydrogen-bond acceptors (Lipinski definition) is 2. The molecule has 1 aromatic rings. The number of carbonyl (C=O) groups excluding carboxylic acids is 1. The Morgan fingerprint density at radius 1 is 1.44 bits per heavy atom. The van der Waals surface area contributed by atoms with Gasteiger partial charge in [0.15, 0.2) is 0 Å². The number of aryl methyl sites for hydroxylation is 1. The summed E-state index contributed by atoms with van der Waals surface area (Å²) >= 11 is 0. The first kappa shape index (κ1) is 14.3. The van der Waals surface area contributed by atoms with Gasteiger partial charge in [-0.15, -0.1) is 6.42 Å². The van der Waals surface area contributed by atoms with Gasteiger partial charge in [-0.2, -0.15) is 0 Å². The van der Waals surface area contributed by atoms with Crippen LogP contribution in [0.1, 0.15) is 31.0 Å². The predicted octanol–water partition coefficient (Wildman–Crippen LogP) is 1.78. The van der Waals surface area contributed by atoms with E-state index in [0.29, 0.717) is 0 Å². The van der Waals surface area contributed by atoms with Gasteiger partial charge in [0.1, 0.15) is 0 Å². The molecule has 3 nitrogen and oxygen atoms in total. The van der Waals surface area contributed by atoms with Gasteiger partial charge in [-0.3, -0.25) is 10.1 Å². The smallest absolute Gasteiger partial charge is 0.237 e. The Kier molecular flexibility index (Phi) is 5.41. The van der Waals surface area contributed by atoms with Crippen molar-refractivity contribution in [3.8, 4) is 12.3 Å². The van der Waals surface area contributed by atoms with Crippen molar-refractivity contribution in [1.82, 2.24) is 10.6 Å². The topological polar surface area (TPSA) is 41.1 Å².